The van der Waals surface area contributed by atoms with Crippen LogP contribution in [0.3, 0.4) is 0 Å². The van der Waals surface area contributed by atoms with Gasteiger partial charge in [-0.2, -0.15) is 4.98 Å². The van der Waals surface area contributed by atoms with Crippen molar-refractivity contribution in [1.29, 1.82) is 0 Å². The van der Waals surface area contributed by atoms with Crippen LogP contribution in [0, 0.1) is 0 Å². The van der Waals surface area contributed by atoms with Crippen molar-refractivity contribution in [2.75, 3.05) is 31.4 Å². The third kappa shape index (κ3) is 4.12. The summed E-state index contributed by atoms with van der Waals surface area (Å²) >= 11 is 5.98. The maximum atomic E-state index is 5.98. The summed E-state index contributed by atoms with van der Waals surface area (Å²) in [5, 5.41) is 3.81. The molecule has 1 aliphatic carbocycles. The summed E-state index contributed by atoms with van der Waals surface area (Å²) in [5.41, 5.74) is 5.29. The first kappa shape index (κ1) is 21.3. The van der Waals surface area contributed by atoms with Gasteiger partial charge in [0.2, 0.25) is 5.95 Å². The minimum Gasteiger partial charge on any atom is -0.494 e. The maximum absolute atomic E-state index is 5.98. The standard InChI is InChI=1S/C25H25ClN6O/c1-31(2)24-19-11-10-18(16-7-5-4-6-8-16)23(19)29-25(30-24)28-17-9-12-20(21(13-17)33-3)32-14-22(26)27-15-32/h4-9,12-15,18H,10-11H2,1-3H3,(H,28,29,30)/t18-/m0/s1. The van der Waals surface area contributed by atoms with Crippen molar-refractivity contribution in [1.82, 2.24) is 19.5 Å². The van der Waals surface area contributed by atoms with Gasteiger partial charge in [-0.25, -0.2) is 9.97 Å². The number of rotatable bonds is 6. The second kappa shape index (κ2) is 8.75. The molecule has 1 aliphatic rings. The Balaban J connectivity index is 1.51. The number of nitrogens with one attached hydrogen (secondary N) is 1. The molecule has 0 saturated heterocycles. The number of benzene rings is 2. The lowest BCUT2D eigenvalue weighted by Gasteiger charge is -2.19. The average molecular weight is 461 g/mol. The van der Waals surface area contributed by atoms with E-state index < -0.39 is 0 Å². The summed E-state index contributed by atoms with van der Waals surface area (Å²) in [6.07, 6.45) is 5.40. The molecule has 8 heteroatoms. The summed E-state index contributed by atoms with van der Waals surface area (Å²) in [5.74, 6) is 2.48. The fourth-order valence-corrected chi connectivity index (χ4v) is 4.56. The van der Waals surface area contributed by atoms with Gasteiger partial charge in [-0.3, -0.25) is 0 Å². The van der Waals surface area contributed by atoms with E-state index in [1.54, 1.807) is 19.6 Å². The molecule has 1 N–H and O–H groups in total. The Bertz CT molecular complexity index is 1290. The fraction of sp³-hybridized carbons (Fsp3) is 0.240. The quantitative estimate of drug-likeness (QED) is 0.426. The van der Waals surface area contributed by atoms with Crippen LogP contribution in [-0.2, 0) is 6.42 Å². The second-order valence-corrected chi connectivity index (χ2v) is 8.63. The number of aromatic nitrogens is 4. The van der Waals surface area contributed by atoms with Gasteiger partial charge < -0.3 is 19.5 Å². The molecular weight excluding hydrogens is 436 g/mol. The third-order valence-electron chi connectivity index (χ3n) is 5.92. The molecule has 2 heterocycles. The lowest BCUT2D eigenvalue weighted by Crippen LogP contribution is -2.16. The molecule has 0 aliphatic heterocycles. The van der Waals surface area contributed by atoms with Crippen LogP contribution in [0.4, 0.5) is 17.5 Å². The van der Waals surface area contributed by atoms with E-state index in [0.29, 0.717) is 16.9 Å². The van der Waals surface area contributed by atoms with Crippen LogP contribution in [0.1, 0.15) is 29.2 Å². The summed E-state index contributed by atoms with van der Waals surface area (Å²) in [4.78, 5) is 15.9. The summed E-state index contributed by atoms with van der Waals surface area (Å²) in [7, 11) is 5.69. The molecule has 0 unspecified atom stereocenters. The molecule has 33 heavy (non-hydrogen) atoms. The van der Waals surface area contributed by atoms with Crippen LogP contribution in [-0.4, -0.2) is 40.7 Å². The van der Waals surface area contributed by atoms with Gasteiger partial charge in [0.1, 0.15) is 23.0 Å². The van der Waals surface area contributed by atoms with Crippen LogP contribution < -0.4 is 15.0 Å². The molecule has 4 aromatic rings. The Kier molecular flexibility index (Phi) is 5.64. The van der Waals surface area contributed by atoms with Gasteiger partial charge in [0, 0.05) is 43.5 Å². The molecule has 5 rings (SSSR count). The molecule has 0 spiro atoms. The molecule has 0 fully saturated rings. The normalized spacial score (nSPS) is 14.7. The van der Waals surface area contributed by atoms with Crippen LogP contribution in [0.15, 0.2) is 61.1 Å². The third-order valence-corrected chi connectivity index (χ3v) is 6.12. The number of ether oxygens (including phenoxy) is 1. The monoisotopic (exact) mass is 460 g/mol. The van der Waals surface area contributed by atoms with E-state index in [2.05, 4.69) is 39.5 Å². The number of fused-ring (bicyclic) bond motifs is 1. The number of anilines is 3. The zero-order valence-corrected chi connectivity index (χ0v) is 19.5. The van der Waals surface area contributed by atoms with Crippen molar-refractivity contribution in [3.8, 4) is 11.4 Å². The zero-order valence-electron chi connectivity index (χ0n) is 18.8. The molecule has 2 aromatic carbocycles. The number of hydrogen-bond donors (Lipinski definition) is 1. The first-order chi connectivity index (χ1) is 16.0. The lowest BCUT2D eigenvalue weighted by molar-refractivity contribution is 0.413. The Hall–Kier alpha value is -3.58. The Labute approximate surface area is 198 Å². The molecule has 0 saturated carbocycles. The lowest BCUT2D eigenvalue weighted by atomic mass is 9.97. The largest absolute Gasteiger partial charge is 0.494 e. The summed E-state index contributed by atoms with van der Waals surface area (Å²) in [6.45, 7) is 0. The van der Waals surface area contributed by atoms with Gasteiger partial charge in [-0.1, -0.05) is 41.9 Å². The zero-order chi connectivity index (χ0) is 22.9. The van der Waals surface area contributed by atoms with E-state index in [9.17, 15) is 0 Å². The highest BCUT2D eigenvalue weighted by Crippen LogP contribution is 2.41. The number of halogens is 1. The molecule has 0 bridgehead atoms. The topological polar surface area (TPSA) is 68.1 Å². The Morgan fingerprint density at radius 3 is 2.64 bits per heavy atom. The van der Waals surface area contributed by atoms with E-state index >= 15 is 0 Å². The summed E-state index contributed by atoms with van der Waals surface area (Å²) < 4.78 is 7.44. The van der Waals surface area contributed by atoms with Crippen molar-refractivity contribution in [3.05, 3.63) is 83.0 Å². The SMILES string of the molecule is COc1cc(Nc2nc3c(c(N(C)C)n2)CC[C@H]3c2ccccc2)ccc1-n1cnc(Cl)c1. The molecule has 0 amide bonds. The predicted molar refractivity (Wildman–Crippen MR) is 131 cm³/mol. The van der Waals surface area contributed by atoms with Crippen LogP contribution in [0.5, 0.6) is 5.75 Å². The van der Waals surface area contributed by atoms with E-state index in [-0.39, 0.29) is 5.92 Å². The van der Waals surface area contributed by atoms with Crippen molar-refractivity contribution >= 4 is 29.1 Å². The van der Waals surface area contributed by atoms with Gasteiger partial charge in [-0.15, -0.1) is 0 Å². The van der Waals surface area contributed by atoms with Gasteiger partial charge in [-0.05, 0) is 30.5 Å². The van der Waals surface area contributed by atoms with Gasteiger partial charge in [0.05, 0.1) is 18.5 Å². The highest BCUT2D eigenvalue weighted by molar-refractivity contribution is 6.29. The first-order valence-corrected chi connectivity index (χ1v) is 11.2. The van der Waals surface area contributed by atoms with Crippen LogP contribution >= 0.6 is 11.6 Å². The fourth-order valence-electron chi connectivity index (χ4n) is 4.41. The van der Waals surface area contributed by atoms with Crippen molar-refractivity contribution in [3.63, 3.8) is 0 Å². The van der Waals surface area contributed by atoms with E-state index in [1.165, 1.54) is 11.1 Å². The Morgan fingerprint density at radius 1 is 1.12 bits per heavy atom. The minimum atomic E-state index is 0.270. The Morgan fingerprint density at radius 2 is 1.94 bits per heavy atom. The average Bonchev–Trinajstić information content (AvgIpc) is 3.45. The maximum Gasteiger partial charge on any atom is 0.229 e. The molecule has 1 atom stereocenters. The molecule has 168 valence electrons. The second-order valence-electron chi connectivity index (χ2n) is 8.25. The number of imidazole rings is 1. The van der Waals surface area contributed by atoms with E-state index in [1.807, 2.05) is 42.9 Å². The molecule has 0 radical (unpaired) electrons. The minimum absolute atomic E-state index is 0.270. The molecule has 2 aromatic heterocycles. The number of hydrogen-bond acceptors (Lipinski definition) is 6. The highest BCUT2D eigenvalue weighted by atomic mass is 35.5. The number of nitrogens with zero attached hydrogens (tertiary/aromatic N) is 5. The van der Waals surface area contributed by atoms with Crippen molar-refractivity contribution < 1.29 is 4.74 Å². The smallest absolute Gasteiger partial charge is 0.229 e. The number of methoxy groups -OCH3 is 1. The molecule has 7 nitrogen and oxygen atoms in total. The van der Waals surface area contributed by atoms with Gasteiger partial charge in [0.15, 0.2) is 0 Å². The van der Waals surface area contributed by atoms with Crippen LogP contribution in [0.25, 0.3) is 5.69 Å². The van der Waals surface area contributed by atoms with Crippen molar-refractivity contribution in [2.45, 2.75) is 18.8 Å². The van der Waals surface area contributed by atoms with E-state index in [0.717, 1.165) is 35.7 Å². The molecular formula is C25H25ClN6O. The van der Waals surface area contributed by atoms with Crippen molar-refractivity contribution in [2.24, 2.45) is 0 Å². The summed E-state index contributed by atoms with van der Waals surface area (Å²) in [6, 6.07) is 16.4. The first-order valence-electron chi connectivity index (χ1n) is 10.8. The van der Waals surface area contributed by atoms with Gasteiger partial charge in [0.25, 0.3) is 0 Å². The predicted octanol–water partition coefficient (Wildman–Crippen LogP) is 5.21. The van der Waals surface area contributed by atoms with Crippen LogP contribution in [0.2, 0.25) is 5.15 Å². The van der Waals surface area contributed by atoms with Gasteiger partial charge >= 0.3 is 0 Å². The highest BCUT2D eigenvalue weighted by Gasteiger charge is 2.30. The van der Waals surface area contributed by atoms with E-state index in [4.69, 9.17) is 26.3 Å².